The van der Waals surface area contributed by atoms with Crippen molar-refractivity contribution >= 4 is 17.2 Å². The van der Waals surface area contributed by atoms with Crippen molar-refractivity contribution in [2.75, 3.05) is 39.1 Å². The third-order valence-electron chi connectivity index (χ3n) is 6.06. The van der Waals surface area contributed by atoms with Gasteiger partial charge in [0.1, 0.15) is 17.3 Å². The number of aliphatic imine (C=N–C) groups is 1. The molecule has 2 aliphatic heterocycles. The number of Topliss-reactive ketones (excluding diaryl/α,β-unsaturated/α-hetero) is 1. The Morgan fingerprint density at radius 1 is 1.30 bits per heavy atom. The summed E-state index contributed by atoms with van der Waals surface area (Å²) in [5, 5.41) is 6.84. The maximum absolute atomic E-state index is 12.8. The van der Waals surface area contributed by atoms with Gasteiger partial charge in [-0.05, 0) is 75.5 Å². The van der Waals surface area contributed by atoms with Gasteiger partial charge in [0.15, 0.2) is 5.78 Å². The van der Waals surface area contributed by atoms with Gasteiger partial charge in [0.05, 0.1) is 13.7 Å². The second-order valence-corrected chi connectivity index (χ2v) is 8.29. The molecule has 6 nitrogen and oxygen atoms in total. The predicted octanol–water partition coefficient (Wildman–Crippen LogP) is 4.30. The molecule has 0 radical (unpaired) electrons. The summed E-state index contributed by atoms with van der Waals surface area (Å²) in [6.07, 6.45) is 5.51. The topological polar surface area (TPSA) is 66.0 Å². The molecule has 2 aliphatic rings. The Morgan fingerprint density at radius 3 is 2.73 bits per heavy atom. The summed E-state index contributed by atoms with van der Waals surface area (Å²) in [6.45, 7) is 7.04. The van der Waals surface area contributed by atoms with Gasteiger partial charge in [-0.15, -0.1) is 0 Å². The van der Waals surface area contributed by atoms with E-state index in [2.05, 4.69) is 47.5 Å². The number of hydrogen-bond donors (Lipinski definition) is 2. The smallest absolute Gasteiger partial charge is 0.184 e. The predicted molar refractivity (Wildman–Crippen MR) is 123 cm³/mol. The molecule has 0 bridgehead atoms. The number of ketones is 1. The lowest BCUT2D eigenvalue weighted by molar-refractivity contribution is -0.115. The van der Waals surface area contributed by atoms with Gasteiger partial charge in [-0.2, -0.15) is 0 Å². The molecule has 1 aromatic rings. The van der Waals surface area contributed by atoms with Crippen LogP contribution in [-0.4, -0.2) is 50.2 Å². The SMILES string of the molecule is CCCCC(=O)C1=C(Nc2ccc(OC)c(C3CCN(C)CC3)c2)NCC(CC)=N1. The lowest BCUT2D eigenvalue weighted by Crippen LogP contribution is -2.33. The molecule has 30 heavy (non-hydrogen) atoms. The molecule has 1 fully saturated rings. The van der Waals surface area contributed by atoms with Crippen molar-refractivity contribution in [3.8, 4) is 5.75 Å². The first-order valence-electron chi connectivity index (χ1n) is 11.3. The number of unbranched alkanes of at least 4 members (excludes halogenated alkanes) is 1. The minimum atomic E-state index is 0.0987. The third-order valence-corrected chi connectivity index (χ3v) is 6.06. The number of carbonyl (C=O) groups is 1. The quantitative estimate of drug-likeness (QED) is 0.633. The van der Waals surface area contributed by atoms with Crippen molar-refractivity contribution in [1.29, 1.82) is 0 Å². The van der Waals surface area contributed by atoms with Crippen LogP contribution in [0.5, 0.6) is 5.75 Å². The molecule has 6 heteroatoms. The number of piperidine rings is 1. The Balaban J connectivity index is 1.87. The molecule has 1 aromatic carbocycles. The highest BCUT2D eigenvalue weighted by Gasteiger charge is 2.23. The van der Waals surface area contributed by atoms with Crippen LogP contribution in [0.1, 0.15) is 63.9 Å². The molecular formula is C24H36N4O2. The number of likely N-dealkylation sites (tertiary alicyclic amines) is 1. The van der Waals surface area contributed by atoms with Gasteiger partial charge in [-0.3, -0.25) is 4.79 Å². The minimum absolute atomic E-state index is 0.0987. The highest BCUT2D eigenvalue weighted by atomic mass is 16.5. The molecule has 0 saturated carbocycles. The number of nitrogens with one attached hydrogen (secondary N) is 2. The van der Waals surface area contributed by atoms with Crippen LogP contribution in [0.15, 0.2) is 34.7 Å². The second-order valence-electron chi connectivity index (χ2n) is 8.29. The average molecular weight is 413 g/mol. The van der Waals surface area contributed by atoms with Crippen molar-refractivity contribution in [1.82, 2.24) is 10.2 Å². The fourth-order valence-corrected chi connectivity index (χ4v) is 4.09. The Morgan fingerprint density at radius 2 is 2.07 bits per heavy atom. The van der Waals surface area contributed by atoms with Crippen LogP contribution < -0.4 is 15.4 Å². The lowest BCUT2D eigenvalue weighted by atomic mass is 9.88. The summed E-state index contributed by atoms with van der Waals surface area (Å²) in [7, 11) is 3.91. The van der Waals surface area contributed by atoms with Crippen LogP contribution in [0.3, 0.4) is 0 Å². The van der Waals surface area contributed by atoms with E-state index >= 15 is 0 Å². The fraction of sp³-hybridized carbons (Fsp3) is 0.583. The van der Waals surface area contributed by atoms with Gasteiger partial charge >= 0.3 is 0 Å². The van der Waals surface area contributed by atoms with Gasteiger partial charge in [-0.1, -0.05) is 20.3 Å². The number of anilines is 1. The zero-order valence-electron chi connectivity index (χ0n) is 18.9. The molecule has 0 unspecified atom stereocenters. The molecule has 2 N–H and O–H groups in total. The van der Waals surface area contributed by atoms with Crippen molar-refractivity contribution in [2.24, 2.45) is 4.99 Å². The van der Waals surface area contributed by atoms with E-state index in [1.54, 1.807) is 7.11 Å². The van der Waals surface area contributed by atoms with Crippen LogP contribution in [0.25, 0.3) is 0 Å². The van der Waals surface area contributed by atoms with E-state index in [9.17, 15) is 4.79 Å². The number of rotatable bonds is 9. The van der Waals surface area contributed by atoms with Gasteiger partial charge in [0.2, 0.25) is 0 Å². The van der Waals surface area contributed by atoms with Crippen molar-refractivity contribution in [3.05, 3.63) is 35.3 Å². The summed E-state index contributed by atoms with van der Waals surface area (Å²) in [6, 6.07) is 6.22. The highest BCUT2D eigenvalue weighted by Crippen LogP contribution is 2.36. The Labute approximate surface area is 180 Å². The van der Waals surface area contributed by atoms with Gasteiger partial charge in [0.25, 0.3) is 0 Å². The van der Waals surface area contributed by atoms with E-state index in [1.165, 1.54) is 5.56 Å². The largest absolute Gasteiger partial charge is 0.496 e. The molecule has 3 rings (SSSR count). The normalized spacial score (nSPS) is 18.1. The maximum Gasteiger partial charge on any atom is 0.184 e. The minimum Gasteiger partial charge on any atom is -0.496 e. The Bertz CT molecular complexity index is 807. The van der Waals surface area contributed by atoms with Crippen molar-refractivity contribution in [3.63, 3.8) is 0 Å². The van der Waals surface area contributed by atoms with Crippen molar-refractivity contribution < 1.29 is 9.53 Å². The van der Waals surface area contributed by atoms with Gasteiger partial charge < -0.3 is 20.3 Å². The molecular weight excluding hydrogens is 376 g/mol. The molecule has 2 heterocycles. The van der Waals surface area contributed by atoms with Gasteiger partial charge in [0, 0.05) is 17.8 Å². The summed E-state index contributed by atoms with van der Waals surface area (Å²) in [4.78, 5) is 19.8. The monoisotopic (exact) mass is 412 g/mol. The van der Waals surface area contributed by atoms with Crippen molar-refractivity contribution in [2.45, 2.75) is 58.3 Å². The summed E-state index contributed by atoms with van der Waals surface area (Å²) >= 11 is 0. The fourth-order valence-electron chi connectivity index (χ4n) is 4.09. The number of methoxy groups -OCH3 is 1. The van der Waals surface area contributed by atoms with Crippen LogP contribution in [0, 0.1) is 0 Å². The van der Waals surface area contributed by atoms with E-state index in [0.29, 0.717) is 30.4 Å². The number of hydrogen-bond acceptors (Lipinski definition) is 6. The zero-order chi connectivity index (χ0) is 21.5. The van der Waals surface area contributed by atoms with E-state index < -0.39 is 0 Å². The maximum atomic E-state index is 12.8. The van der Waals surface area contributed by atoms with E-state index in [1.807, 2.05) is 12.1 Å². The molecule has 0 aromatic heterocycles. The first-order chi connectivity index (χ1) is 14.5. The van der Waals surface area contributed by atoms with Crippen LogP contribution in [-0.2, 0) is 4.79 Å². The van der Waals surface area contributed by atoms with E-state index in [-0.39, 0.29) is 5.78 Å². The number of ether oxygens (including phenoxy) is 1. The second kappa shape index (κ2) is 10.6. The summed E-state index contributed by atoms with van der Waals surface area (Å²) in [5.41, 5.74) is 3.75. The first-order valence-corrected chi connectivity index (χ1v) is 11.3. The number of benzene rings is 1. The third kappa shape index (κ3) is 5.42. The van der Waals surface area contributed by atoms with Crippen LogP contribution in [0.2, 0.25) is 0 Å². The molecule has 164 valence electrons. The lowest BCUT2D eigenvalue weighted by Gasteiger charge is -2.30. The van der Waals surface area contributed by atoms with Gasteiger partial charge in [-0.25, -0.2) is 4.99 Å². The highest BCUT2D eigenvalue weighted by molar-refractivity contribution is 6.01. The van der Waals surface area contributed by atoms with E-state index in [4.69, 9.17) is 4.74 Å². The molecule has 0 aliphatic carbocycles. The number of allylic oxidation sites excluding steroid dienone is 1. The molecule has 0 atom stereocenters. The van der Waals surface area contributed by atoms with E-state index in [0.717, 1.165) is 62.3 Å². The number of carbonyl (C=O) groups excluding carboxylic acids is 1. The van der Waals surface area contributed by atoms with Crippen LogP contribution in [0.4, 0.5) is 5.69 Å². The summed E-state index contributed by atoms with van der Waals surface area (Å²) in [5.74, 6) is 2.24. The molecule has 0 spiro atoms. The molecule has 1 saturated heterocycles. The first kappa shape index (κ1) is 22.3. The van der Waals surface area contributed by atoms with Crippen LogP contribution >= 0.6 is 0 Å². The standard InChI is InChI=1S/C24H36N4O2/c1-5-7-8-21(29)23-24(25-16-18(6-2)26-23)27-19-9-10-22(30-4)20(15-19)17-11-13-28(3)14-12-17/h9-10,15,17,25,27H,5-8,11-14,16H2,1-4H3. The number of nitrogens with zero attached hydrogens (tertiary/aromatic N) is 2. The molecule has 0 amide bonds. The Kier molecular flexibility index (Phi) is 7.91. The zero-order valence-corrected chi connectivity index (χ0v) is 18.9. The Hall–Kier alpha value is -2.34. The average Bonchev–Trinajstić information content (AvgIpc) is 2.78. The summed E-state index contributed by atoms with van der Waals surface area (Å²) < 4.78 is 5.66.